The van der Waals surface area contributed by atoms with Crippen molar-refractivity contribution in [3.8, 4) is 11.5 Å². The summed E-state index contributed by atoms with van der Waals surface area (Å²) in [5, 5.41) is 0. The number of benzene rings is 1. The summed E-state index contributed by atoms with van der Waals surface area (Å²) in [5.74, 6) is -0.683. The Kier molecular flexibility index (Phi) is 13.5. The largest absolute Gasteiger partial charge is 0.441 e. The molecule has 5 nitrogen and oxygen atoms in total. The minimum absolute atomic E-state index is 0.294. The fraction of sp³-hybridized carbons (Fsp3) is 0.571. The van der Waals surface area contributed by atoms with Gasteiger partial charge in [0.15, 0.2) is 0 Å². The van der Waals surface area contributed by atoms with Gasteiger partial charge in [0.05, 0.1) is 11.1 Å². The number of ether oxygens (including phenoxy) is 1. The Morgan fingerprint density at radius 2 is 1.22 bits per heavy atom. The van der Waals surface area contributed by atoms with E-state index in [-0.39, 0.29) is 5.82 Å². The number of halogens is 1. The van der Waals surface area contributed by atoms with Gasteiger partial charge in [-0.15, -0.1) is 0 Å². The summed E-state index contributed by atoms with van der Waals surface area (Å²) in [6.07, 6.45) is 19.7. The molecular weight excluding hydrogens is 517 g/mol. The van der Waals surface area contributed by atoms with Crippen LogP contribution in [0.5, 0.6) is 0 Å². The van der Waals surface area contributed by atoms with Gasteiger partial charge in [-0.25, -0.2) is 19.0 Å². The summed E-state index contributed by atoms with van der Waals surface area (Å²) in [5.41, 5.74) is 3.21. The summed E-state index contributed by atoms with van der Waals surface area (Å²) < 4.78 is 24.4. The van der Waals surface area contributed by atoms with Gasteiger partial charge in [0, 0.05) is 5.56 Å². The molecule has 2 heterocycles. The summed E-state index contributed by atoms with van der Waals surface area (Å²) in [7, 11) is 0. The van der Waals surface area contributed by atoms with Crippen molar-refractivity contribution in [3.63, 3.8) is 0 Å². The smallest absolute Gasteiger partial charge is 0.347 e. The molecule has 1 fully saturated rings. The zero-order chi connectivity index (χ0) is 29.6. The molecule has 2 aromatic rings. The van der Waals surface area contributed by atoms with Crippen LogP contribution in [0.3, 0.4) is 0 Å². The fourth-order valence-electron chi connectivity index (χ4n) is 5.55. The van der Waals surface area contributed by atoms with Gasteiger partial charge in [-0.05, 0) is 63.5 Å². The number of hydrogen-bond acceptors (Lipinski definition) is 5. The highest BCUT2D eigenvalue weighted by Gasteiger charge is 2.38. The lowest BCUT2D eigenvalue weighted by molar-refractivity contribution is -0.149. The minimum atomic E-state index is -0.632. The van der Waals surface area contributed by atoms with Gasteiger partial charge in [-0.3, -0.25) is 0 Å². The van der Waals surface area contributed by atoms with Crippen molar-refractivity contribution in [2.75, 3.05) is 0 Å². The Balaban J connectivity index is 1.56. The van der Waals surface area contributed by atoms with E-state index in [1.807, 2.05) is 0 Å². The normalized spacial score (nSPS) is 14.6. The van der Waals surface area contributed by atoms with Gasteiger partial charge < -0.3 is 9.15 Å². The number of aromatic nitrogens is 1. The molecule has 0 amide bonds. The average Bonchev–Trinajstić information content (AvgIpc) is 3.47. The molecule has 0 bridgehead atoms. The van der Waals surface area contributed by atoms with Gasteiger partial charge in [-0.2, -0.15) is 0 Å². The van der Waals surface area contributed by atoms with Gasteiger partial charge in [0.2, 0.25) is 5.89 Å². The van der Waals surface area contributed by atoms with E-state index < -0.39 is 11.9 Å². The van der Waals surface area contributed by atoms with Crippen molar-refractivity contribution in [1.29, 1.82) is 0 Å². The van der Waals surface area contributed by atoms with E-state index in [2.05, 4.69) is 6.92 Å². The van der Waals surface area contributed by atoms with Gasteiger partial charge in [0.1, 0.15) is 17.3 Å². The Morgan fingerprint density at radius 1 is 0.732 bits per heavy atom. The first kappa shape index (κ1) is 32.5. The lowest BCUT2D eigenvalue weighted by Crippen LogP contribution is -2.03. The number of rotatable bonds is 18. The molecule has 0 radical (unpaired) electrons. The number of oxazole rings is 1. The Labute approximate surface area is 245 Å². The maximum absolute atomic E-state index is 13.4. The molecule has 1 aromatic carbocycles. The molecule has 41 heavy (non-hydrogen) atoms. The SMILES string of the molecule is CCCCCCCCCCCCCCCCCC(=C1C(=O)OC(=O)C1=C(C)C)c1nc(-c2ccc(F)cc2)oc1C. The topological polar surface area (TPSA) is 69.4 Å². The summed E-state index contributed by atoms with van der Waals surface area (Å²) in [6, 6.07) is 5.94. The molecule has 3 rings (SSSR count). The van der Waals surface area contributed by atoms with Crippen LogP contribution >= 0.6 is 0 Å². The summed E-state index contributed by atoms with van der Waals surface area (Å²) in [6.45, 7) is 7.67. The van der Waals surface area contributed by atoms with Crippen molar-refractivity contribution in [3.05, 3.63) is 58.3 Å². The molecule has 0 spiro atoms. The second-order valence-corrected chi connectivity index (χ2v) is 11.5. The highest BCUT2D eigenvalue weighted by Crippen LogP contribution is 2.37. The molecule has 1 aromatic heterocycles. The molecule has 0 aliphatic carbocycles. The first-order valence-electron chi connectivity index (χ1n) is 15.7. The number of carbonyl (C=O) groups is 2. The van der Waals surface area contributed by atoms with Crippen molar-refractivity contribution >= 4 is 17.5 Å². The van der Waals surface area contributed by atoms with Crippen LogP contribution in [0.4, 0.5) is 4.39 Å². The Bertz CT molecular complexity index is 1200. The predicted molar refractivity (Wildman–Crippen MR) is 163 cm³/mol. The predicted octanol–water partition coefficient (Wildman–Crippen LogP) is 10.2. The van der Waals surface area contributed by atoms with Gasteiger partial charge >= 0.3 is 11.9 Å². The van der Waals surface area contributed by atoms with Crippen LogP contribution in [0.2, 0.25) is 0 Å². The average molecular weight is 566 g/mol. The van der Waals surface area contributed by atoms with Crippen molar-refractivity contribution in [2.24, 2.45) is 0 Å². The molecule has 1 aliphatic heterocycles. The van der Waals surface area contributed by atoms with E-state index >= 15 is 0 Å². The lowest BCUT2D eigenvalue weighted by Gasteiger charge is -2.10. The molecular formula is C35H48FNO4. The number of hydrogen-bond donors (Lipinski definition) is 0. The summed E-state index contributed by atoms with van der Waals surface area (Å²) in [4.78, 5) is 30.1. The van der Waals surface area contributed by atoms with Gasteiger partial charge in [-0.1, -0.05) is 102 Å². The first-order valence-corrected chi connectivity index (χ1v) is 15.7. The molecule has 0 atom stereocenters. The number of aryl methyl sites for hydroxylation is 1. The van der Waals surface area contributed by atoms with Crippen LogP contribution in [-0.2, 0) is 14.3 Å². The van der Waals surface area contributed by atoms with Crippen molar-refractivity contribution in [2.45, 2.75) is 130 Å². The van der Waals surface area contributed by atoms with E-state index in [0.717, 1.165) is 24.8 Å². The number of esters is 2. The van der Waals surface area contributed by atoms with Crippen molar-refractivity contribution < 1.29 is 23.1 Å². The van der Waals surface area contributed by atoms with Crippen LogP contribution < -0.4 is 0 Å². The van der Waals surface area contributed by atoms with E-state index in [1.165, 1.54) is 89.2 Å². The highest BCUT2D eigenvalue weighted by atomic mass is 19.1. The second-order valence-electron chi connectivity index (χ2n) is 11.5. The molecule has 6 heteroatoms. The molecule has 0 saturated carbocycles. The monoisotopic (exact) mass is 565 g/mol. The highest BCUT2D eigenvalue weighted by molar-refractivity contribution is 6.22. The number of cyclic esters (lactones) is 2. The Hall–Kier alpha value is -3.02. The maximum Gasteiger partial charge on any atom is 0.347 e. The standard InChI is InChI=1S/C35H48FNO4/c1-5-6-7-8-9-10-11-12-13-14-15-16-17-18-19-20-29(31-30(25(2)3)34(38)41-35(31)39)32-26(4)40-33(37-32)27-21-23-28(36)24-22-27/h21-24H,5-20H2,1-4H3. The molecule has 1 aliphatic rings. The quantitative estimate of drug-likeness (QED) is 0.0778. The third-order valence-electron chi connectivity index (χ3n) is 7.85. The third-order valence-corrected chi connectivity index (χ3v) is 7.85. The Morgan fingerprint density at radius 3 is 1.73 bits per heavy atom. The van der Waals surface area contributed by atoms with E-state index in [1.54, 1.807) is 32.9 Å². The molecule has 0 unspecified atom stereocenters. The second kappa shape index (κ2) is 17.1. The van der Waals surface area contributed by atoms with E-state index in [4.69, 9.17) is 14.1 Å². The zero-order valence-electron chi connectivity index (χ0n) is 25.6. The zero-order valence-corrected chi connectivity index (χ0v) is 25.6. The lowest BCUT2D eigenvalue weighted by atomic mass is 9.92. The molecule has 224 valence electrons. The molecule has 0 N–H and O–H groups in total. The van der Waals surface area contributed by atoms with Crippen molar-refractivity contribution in [1.82, 2.24) is 4.98 Å². The van der Waals surface area contributed by atoms with Gasteiger partial charge in [0.25, 0.3) is 0 Å². The van der Waals surface area contributed by atoms with Crippen LogP contribution in [0.1, 0.15) is 135 Å². The van der Waals surface area contributed by atoms with E-state index in [9.17, 15) is 14.0 Å². The number of carbonyl (C=O) groups excluding carboxylic acids is 2. The van der Waals surface area contributed by atoms with Crippen LogP contribution in [0.25, 0.3) is 17.0 Å². The number of allylic oxidation sites excluding steroid dienone is 2. The van der Waals surface area contributed by atoms with Crippen LogP contribution in [0, 0.1) is 12.7 Å². The molecule has 1 saturated heterocycles. The minimum Gasteiger partial charge on any atom is -0.441 e. The maximum atomic E-state index is 13.4. The third kappa shape index (κ3) is 9.79. The number of nitrogens with zero attached hydrogens (tertiary/aromatic N) is 1. The number of unbranched alkanes of at least 4 members (excludes halogenated alkanes) is 14. The van der Waals surface area contributed by atoms with Crippen LogP contribution in [0.15, 0.2) is 45.4 Å². The van der Waals surface area contributed by atoms with E-state index in [0.29, 0.717) is 46.0 Å². The summed E-state index contributed by atoms with van der Waals surface area (Å²) >= 11 is 0. The first-order chi connectivity index (χ1) is 19.8. The van der Waals surface area contributed by atoms with Crippen LogP contribution in [-0.4, -0.2) is 16.9 Å². The fourth-order valence-corrected chi connectivity index (χ4v) is 5.55.